The van der Waals surface area contributed by atoms with E-state index < -0.39 is 6.61 Å². The third-order valence-corrected chi connectivity index (χ3v) is 4.05. The number of hydrogen-bond acceptors (Lipinski definition) is 3. The minimum absolute atomic E-state index is 0.104. The Morgan fingerprint density at radius 3 is 2.42 bits per heavy atom. The highest BCUT2D eigenvalue weighted by atomic mass is 19.3. The van der Waals surface area contributed by atoms with Crippen molar-refractivity contribution in [3.8, 4) is 11.5 Å². The van der Waals surface area contributed by atoms with Gasteiger partial charge in [-0.3, -0.25) is 4.79 Å². The number of methoxy groups -OCH3 is 1. The first-order valence-corrected chi connectivity index (χ1v) is 8.05. The maximum Gasteiger partial charge on any atom is 0.387 e. The largest absolute Gasteiger partial charge is 0.493 e. The molecule has 1 unspecified atom stereocenters. The zero-order valence-corrected chi connectivity index (χ0v) is 14.9. The summed E-state index contributed by atoms with van der Waals surface area (Å²) in [6, 6.07) is 14.2. The molecule has 1 atom stereocenters. The summed E-state index contributed by atoms with van der Waals surface area (Å²) in [7, 11) is 3.05. The molecule has 4 nitrogen and oxygen atoms in total. The molecule has 0 spiro atoms. The molecule has 2 rings (SSSR count). The summed E-state index contributed by atoms with van der Waals surface area (Å²) in [4.78, 5) is 14.0. The van der Waals surface area contributed by atoms with E-state index >= 15 is 0 Å². The number of likely N-dealkylation sites (N-methyl/N-ethyl adjacent to an activating group) is 1. The van der Waals surface area contributed by atoms with Gasteiger partial charge in [-0.05, 0) is 24.6 Å². The second-order valence-electron chi connectivity index (χ2n) is 5.63. The number of ether oxygens (including phenoxy) is 2. The van der Waals surface area contributed by atoms with E-state index in [2.05, 4.69) is 4.74 Å². The van der Waals surface area contributed by atoms with Crippen LogP contribution in [0, 0.1) is 0 Å². The van der Waals surface area contributed by atoms with E-state index in [0.29, 0.717) is 5.56 Å². The molecule has 0 aromatic heterocycles. The summed E-state index contributed by atoms with van der Waals surface area (Å²) >= 11 is 0. The fraction of sp³-hybridized carbons (Fsp3) is 0.250. The lowest BCUT2D eigenvalue weighted by Crippen LogP contribution is -2.27. The second-order valence-corrected chi connectivity index (χ2v) is 5.63. The Kier molecular flexibility index (Phi) is 6.72. The quantitative estimate of drug-likeness (QED) is 0.680. The zero-order chi connectivity index (χ0) is 19.1. The highest BCUT2D eigenvalue weighted by molar-refractivity contribution is 5.92. The number of hydrogen-bond donors (Lipinski definition) is 0. The molecule has 2 aromatic carbocycles. The Balaban J connectivity index is 2.19. The number of rotatable bonds is 7. The van der Waals surface area contributed by atoms with Crippen LogP contribution in [0.5, 0.6) is 11.5 Å². The van der Waals surface area contributed by atoms with Crippen molar-refractivity contribution in [2.24, 2.45) is 0 Å². The summed E-state index contributed by atoms with van der Waals surface area (Å²) < 4.78 is 34.9. The number of carbonyl (C=O) groups is 1. The van der Waals surface area contributed by atoms with Gasteiger partial charge in [-0.2, -0.15) is 8.78 Å². The monoisotopic (exact) mass is 361 g/mol. The van der Waals surface area contributed by atoms with Crippen LogP contribution in [0.1, 0.15) is 24.1 Å². The van der Waals surface area contributed by atoms with E-state index in [1.807, 2.05) is 37.3 Å². The molecule has 0 saturated heterocycles. The predicted octanol–water partition coefficient (Wildman–Crippen LogP) is 4.53. The summed E-state index contributed by atoms with van der Waals surface area (Å²) in [5.74, 6) is -0.189. The van der Waals surface area contributed by atoms with Crippen LogP contribution in [0.3, 0.4) is 0 Å². The van der Waals surface area contributed by atoms with Crippen LogP contribution in [0.15, 0.2) is 54.6 Å². The van der Waals surface area contributed by atoms with Crippen LogP contribution in [-0.4, -0.2) is 31.6 Å². The van der Waals surface area contributed by atoms with E-state index in [-0.39, 0.29) is 23.4 Å². The Morgan fingerprint density at radius 1 is 1.12 bits per heavy atom. The van der Waals surface area contributed by atoms with Crippen molar-refractivity contribution < 1.29 is 23.0 Å². The third kappa shape index (κ3) is 4.81. The van der Waals surface area contributed by atoms with E-state index in [1.165, 1.54) is 25.3 Å². The molecular formula is C20H21F2NO3. The van der Waals surface area contributed by atoms with Crippen LogP contribution < -0.4 is 9.47 Å². The molecule has 0 bridgehead atoms. The van der Waals surface area contributed by atoms with Crippen LogP contribution in [-0.2, 0) is 4.79 Å². The normalized spacial score (nSPS) is 12.2. The first kappa shape index (κ1) is 19.4. The lowest BCUT2D eigenvalue weighted by atomic mass is 10.1. The number of amides is 1. The predicted molar refractivity (Wildman–Crippen MR) is 96.3 cm³/mol. The smallest absolute Gasteiger partial charge is 0.387 e. The fourth-order valence-corrected chi connectivity index (χ4v) is 2.46. The number of para-hydroxylation sites is 1. The molecule has 0 aliphatic heterocycles. The van der Waals surface area contributed by atoms with Crippen molar-refractivity contribution in [2.45, 2.75) is 19.6 Å². The molecule has 2 aromatic rings. The molecule has 0 radical (unpaired) electrons. The summed E-state index contributed by atoms with van der Waals surface area (Å²) in [6.07, 6.45) is 2.77. The van der Waals surface area contributed by atoms with E-state index in [0.717, 1.165) is 5.56 Å². The zero-order valence-electron chi connectivity index (χ0n) is 14.9. The first-order valence-electron chi connectivity index (χ1n) is 8.05. The van der Waals surface area contributed by atoms with Gasteiger partial charge in [0.1, 0.15) is 0 Å². The van der Waals surface area contributed by atoms with E-state index in [9.17, 15) is 13.6 Å². The van der Waals surface area contributed by atoms with Crippen LogP contribution in [0.4, 0.5) is 8.78 Å². The van der Waals surface area contributed by atoms with Gasteiger partial charge < -0.3 is 14.4 Å². The molecular weight excluding hydrogens is 340 g/mol. The Bertz CT molecular complexity index is 763. The number of carbonyl (C=O) groups excluding carboxylic acids is 1. The lowest BCUT2D eigenvalue weighted by molar-refractivity contribution is -0.126. The summed E-state index contributed by atoms with van der Waals surface area (Å²) in [5.41, 5.74) is 1.33. The van der Waals surface area contributed by atoms with Gasteiger partial charge in [0.2, 0.25) is 5.91 Å². The summed E-state index contributed by atoms with van der Waals surface area (Å²) in [6.45, 7) is -1.08. The fourth-order valence-electron chi connectivity index (χ4n) is 2.46. The molecule has 1 amide bonds. The van der Waals surface area contributed by atoms with Crippen LogP contribution in [0.25, 0.3) is 6.08 Å². The standard InChI is InChI=1S/C20H21F2NO3/c1-14(15-8-5-4-6-9-15)23(2)18(24)13-12-16-10-7-11-17(25-3)19(16)26-20(21)22/h4-14,20H,1-3H3/b13-12+. The maximum absolute atomic E-state index is 12.7. The molecule has 6 heteroatoms. The second kappa shape index (κ2) is 8.99. The van der Waals surface area contributed by atoms with Gasteiger partial charge in [0, 0.05) is 18.7 Å². The molecule has 0 heterocycles. The Labute approximate surface area is 151 Å². The number of nitrogens with zero attached hydrogens (tertiary/aromatic N) is 1. The van der Waals surface area contributed by atoms with Crippen molar-refractivity contribution in [3.63, 3.8) is 0 Å². The topological polar surface area (TPSA) is 38.8 Å². The third-order valence-electron chi connectivity index (χ3n) is 4.05. The molecule has 26 heavy (non-hydrogen) atoms. The molecule has 0 saturated carbocycles. The highest BCUT2D eigenvalue weighted by Crippen LogP contribution is 2.33. The van der Waals surface area contributed by atoms with Gasteiger partial charge in [0.25, 0.3) is 0 Å². The SMILES string of the molecule is COc1cccc(/C=C/C(=O)N(C)C(C)c2ccccc2)c1OC(F)F. The average molecular weight is 361 g/mol. The number of benzene rings is 2. The minimum Gasteiger partial charge on any atom is -0.493 e. The van der Waals surface area contributed by atoms with Crippen molar-refractivity contribution in [1.82, 2.24) is 4.90 Å². The van der Waals surface area contributed by atoms with Gasteiger partial charge in [0.15, 0.2) is 11.5 Å². The molecule has 0 fully saturated rings. The number of halogens is 2. The molecule has 0 aliphatic carbocycles. The van der Waals surface area contributed by atoms with E-state index in [1.54, 1.807) is 24.1 Å². The lowest BCUT2D eigenvalue weighted by Gasteiger charge is -2.24. The highest BCUT2D eigenvalue weighted by Gasteiger charge is 2.17. The van der Waals surface area contributed by atoms with Crippen molar-refractivity contribution in [1.29, 1.82) is 0 Å². The van der Waals surface area contributed by atoms with Crippen molar-refractivity contribution in [2.75, 3.05) is 14.2 Å². The molecule has 0 N–H and O–H groups in total. The van der Waals surface area contributed by atoms with Gasteiger partial charge >= 0.3 is 6.61 Å². The van der Waals surface area contributed by atoms with Gasteiger partial charge in [-0.1, -0.05) is 42.5 Å². The van der Waals surface area contributed by atoms with Gasteiger partial charge in [0.05, 0.1) is 13.2 Å². The Hall–Kier alpha value is -2.89. The van der Waals surface area contributed by atoms with Crippen LogP contribution >= 0.6 is 0 Å². The first-order chi connectivity index (χ1) is 12.4. The van der Waals surface area contributed by atoms with Crippen molar-refractivity contribution in [3.05, 3.63) is 65.7 Å². The molecule has 0 aliphatic rings. The van der Waals surface area contributed by atoms with E-state index in [4.69, 9.17) is 4.74 Å². The Morgan fingerprint density at radius 2 is 1.81 bits per heavy atom. The van der Waals surface area contributed by atoms with Gasteiger partial charge in [-0.15, -0.1) is 0 Å². The van der Waals surface area contributed by atoms with Gasteiger partial charge in [-0.25, -0.2) is 0 Å². The number of alkyl halides is 2. The van der Waals surface area contributed by atoms with Crippen LogP contribution in [0.2, 0.25) is 0 Å². The summed E-state index contributed by atoms with van der Waals surface area (Å²) in [5, 5.41) is 0. The molecule has 138 valence electrons. The maximum atomic E-state index is 12.7. The van der Waals surface area contributed by atoms with Crippen molar-refractivity contribution >= 4 is 12.0 Å². The average Bonchev–Trinajstić information content (AvgIpc) is 2.65. The minimum atomic E-state index is -2.99.